The van der Waals surface area contributed by atoms with Gasteiger partial charge in [0.2, 0.25) is 5.91 Å². The van der Waals surface area contributed by atoms with Crippen molar-refractivity contribution >= 4 is 11.9 Å². The third kappa shape index (κ3) is 5.57. The lowest BCUT2D eigenvalue weighted by molar-refractivity contribution is -0.167. The second-order valence-electron chi connectivity index (χ2n) is 5.56. The predicted molar refractivity (Wildman–Crippen MR) is 68.7 cm³/mol. The summed E-state index contributed by atoms with van der Waals surface area (Å²) in [6.45, 7) is 4.57. The van der Waals surface area contributed by atoms with Gasteiger partial charge in [-0.1, -0.05) is 0 Å². The molecule has 1 rings (SSSR count). The third-order valence-corrected chi connectivity index (χ3v) is 3.07. The van der Waals surface area contributed by atoms with Gasteiger partial charge in [-0.3, -0.25) is 9.59 Å². The Balaban J connectivity index is 2.40. The van der Waals surface area contributed by atoms with Crippen LogP contribution < -0.4 is 0 Å². The fourth-order valence-electron chi connectivity index (χ4n) is 2.29. The van der Waals surface area contributed by atoms with E-state index in [9.17, 15) is 9.59 Å². The van der Waals surface area contributed by atoms with E-state index in [4.69, 9.17) is 14.9 Å². The van der Waals surface area contributed by atoms with E-state index in [0.29, 0.717) is 32.4 Å². The van der Waals surface area contributed by atoms with Crippen LogP contribution in [0.25, 0.3) is 0 Å². The van der Waals surface area contributed by atoms with E-state index in [0.717, 1.165) is 0 Å². The molecule has 0 radical (unpaired) electrons. The van der Waals surface area contributed by atoms with Crippen LogP contribution in [-0.4, -0.2) is 58.4 Å². The monoisotopic (exact) mass is 273 g/mol. The Morgan fingerprint density at radius 3 is 2.53 bits per heavy atom. The first-order valence-corrected chi connectivity index (χ1v) is 6.62. The highest BCUT2D eigenvalue weighted by molar-refractivity contribution is 5.76. The smallest absolute Gasteiger partial charge is 0.303 e. The summed E-state index contributed by atoms with van der Waals surface area (Å²) >= 11 is 0. The standard InChI is InChI=1S/C13H23NO5/c1-13(2)9-14(7-10(8-15)19-13)11(16)5-3-4-6-12(17)18/h10,15H,3-9H2,1-2H3,(H,17,18). The number of aliphatic hydroxyl groups excluding tert-OH is 1. The van der Waals surface area contributed by atoms with Crippen LogP contribution in [0.3, 0.4) is 0 Å². The highest BCUT2D eigenvalue weighted by Crippen LogP contribution is 2.21. The number of aliphatic hydroxyl groups is 1. The number of amides is 1. The van der Waals surface area contributed by atoms with Gasteiger partial charge in [0.25, 0.3) is 0 Å². The third-order valence-electron chi connectivity index (χ3n) is 3.07. The topological polar surface area (TPSA) is 87.1 Å². The summed E-state index contributed by atoms with van der Waals surface area (Å²) in [6.07, 6.45) is 1.19. The van der Waals surface area contributed by atoms with Crippen molar-refractivity contribution in [2.24, 2.45) is 0 Å². The summed E-state index contributed by atoms with van der Waals surface area (Å²) in [4.78, 5) is 24.1. The number of nitrogens with zero attached hydrogens (tertiary/aromatic N) is 1. The van der Waals surface area contributed by atoms with E-state index >= 15 is 0 Å². The molecule has 1 aliphatic rings. The van der Waals surface area contributed by atoms with Gasteiger partial charge in [-0.2, -0.15) is 0 Å². The summed E-state index contributed by atoms with van der Waals surface area (Å²) in [5.74, 6) is -0.833. The van der Waals surface area contributed by atoms with Crippen molar-refractivity contribution in [2.75, 3.05) is 19.7 Å². The van der Waals surface area contributed by atoms with Gasteiger partial charge in [-0.05, 0) is 26.7 Å². The molecule has 1 atom stereocenters. The number of unbranched alkanes of at least 4 members (excludes halogenated alkanes) is 1. The van der Waals surface area contributed by atoms with E-state index in [2.05, 4.69) is 0 Å². The summed E-state index contributed by atoms with van der Waals surface area (Å²) in [6, 6.07) is 0. The number of hydrogen-bond donors (Lipinski definition) is 2. The van der Waals surface area contributed by atoms with Crippen molar-refractivity contribution in [3.05, 3.63) is 0 Å². The number of carboxylic acids is 1. The summed E-state index contributed by atoms with van der Waals surface area (Å²) < 4.78 is 5.64. The molecule has 1 fully saturated rings. The van der Waals surface area contributed by atoms with Crippen LogP contribution in [0.2, 0.25) is 0 Å². The molecule has 1 amide bonds. The second kappa shape index (κ2) is 6.86. The summed E-state index contributed by atoms with van der Waals surface area (Å²) in [5.41, 5.74) is -0.456. The average Bonchev–Trinajstić information content (AvgIpc) is 2.32. The number of aliphatic carboxylic acids is 1. The zero-order valence-corrected chi connectivity index (χ0v) is 11.6. The van der Waals surface area contributed by atoms with Crippen molar-refractivity contribution in [3.8, 4) is 0 Å². The van der Waals surface area contributed by atoms with E-state index in [1.807, 2.05) is 13.8 Å². The Morgan fingerprint density at radius 2 is 1.95 bits per heavy atom. The van der Waals surface area contributed by atoms with Crippen LogP contribution in [0.5, 0.6) is 0 Å². The van der Waals surface area contributed by atoms with Crippen LogP contribution >= 0.6 is 0 Å². The van der Waals surface area contributed by atoms with Gasteiger partial charge in [0.15, 0.2) is 0 Å². The molecule has 2 N–H and O–H groups in total. The normalized spacial score (nSPS) is 22.3. The Morgan fingerprint density at radius 1 is 1.32 bits per heavy atom. The second-order valence-corrected chi connectivity index (χ2v) is 5.56. The largest absolute Gasteiger partial charge is 0.481 e. The number of ether oxygens (including phenoxy) is 1. The molecule has 0 bridgehead atoms. The van der Waals surface area contributed by atoms with Crippen LogP contribution in [-0.2, 0) is 14.3 Å². The minimum Gasteiger partial charge on any atom is -0.481 e. The molecule has 0 aromatic carbocycles. The number of hydrogen-bond acceptors (Lipinski definition) is 4. The maximum absolute atomic E-state index is 12.0. The van der Waals surface area contributed by atoms with Gasteiger partial charge in [-0.25, -0.2) is 0 Å². The average molecular weight is 273 g/mol. The van der Waals surface area contributed by atoms with Crippen molar-refractivity contribution in [1.82, 2.24) is 4.90 Å². The van der Waals surface area contributed by atoms with Gasteiger partial charge in [-0.15, -0.1) is 0 Å². The Labute approximate surface area is 113 Å². The quantitative estimate of drug-likeness (QED) is 0.693. The molecule has 0 aromatic heterocycles. The minimum absolute atomic E-state index is 0.000198. The first-order chi connectivity index (χ1) is 8.84. The van der Waals surface area contributed by atoms with Crippen LogP contribution in [0, 0.1) is 0 Å². The molecule has 0 aliphatic carbocycles. The van der Waals surface area contributed by atoms with Crippen molar-refractivity contribution in [3.63, 3.8) is 0 Å². The molecule has 1 unspecified atom stereocenters. The molecule has 19 heavy (non-hydrogen) atoms. The molecule has 0 aromatic rings. The number of carbonyl (C=O) groups is 2. The number of rotatable bonds is 6. The lowest BCUT2D eigenvalue weighted by Crippen LogP contribution is -2.55. The van der Waals surface area contributed by atoms with Gasteiger partial charge in [0, 0.05) is 25.9 Å². The van der Waals surface area contributed by atoms with Gasteiger partial charge < -0.3 is 19.8 Å². The molecule has 0 saturated carbocycles. The molecule has 0 spiro atoms. The van der Waals surface area contributed by atoms with Gasteiger partial charge in [0.05, 0.1) is 18.3 Å². The van der Waals surface area contributed by atoms with Gasteiger partial charge >= 0.3 is 5.97 Å². The number of morpholine rings is 1. The first-order valence-electron chi connectivity index (χ1n) is 6.62. The van der Waals surface area contributed by atoms with Crippen molar-refractivity contribution in [1.29, 1.82) is 0 Å². The lowest BCUT2D eigenvalue weighted by Gasteiger charge is -2.42. The fourth-order valence-corrected chi connectivity index (χ4v) is 2.29. The first kappa shape index (κ1) is 15.9. The molecule has 1 aliphatic heterocycles. The Kier molecular flexibility index (Phi) is 5.75. The van der Waals surface area contributed by atoms with E-state index < -0.39 is 11.6 Å². The maximum Gasteiger partial charge on any atom is 0.303 e. The SMILES string of the molecule is CC1(C)CN(C(=O)CCCCC(=O)O)CC(CO)O1. The van der Waals surface area contributed by atoms with Gasteiger partial charge in [0.1, 0.15) is 0 Å². The van der Waals surface area contributed by atoms with E-state index in [1.165, 1.54) is 0 Å². The highest BCUT2D eigenvalue weighted by Gasteiger charge is 2.34. The lowest BCUT2D eigenvalue weighted by atomic mass is 10.0. The zero-order chi connectivity index (χ0) is 14.5. The van der Waals surface area contributed by atoms with E-state index in [-0.39, 0.29) is 25.0 Å². The highest BCUT2D eigenvalue weighted by atomic mass is 16.5. The minimum atomic E-state index is -0.833. The van der Waals surface area contributed by atoms with E-state index in [1.54, 1.807) is 4.90 Å². The number of carbonyl (C=O) groups excluding carboxylic acids is 1. The summed E-state index contributed by atoms with van der Waals surface area (Å²) in [7, 11) is 0. The maximum atomic E-state index is 12.0. The van der Waals surface area contributed by atoms with Crippen molar-refractivity contribution in [2.45, 2.75) is 51.2 Å². The molecule has 1 saturated heterocycles. The Bertz CT molecular complexity index is 329. The van der Waals surface area contributed by atoms with Crippen LogP contribution in [0.4, 0.5) is 0 Å². The molecule has 1 heterocycles. The predicted octanol–water partition coefficient (Wildman–Crippen LogP) is 0.630. The zero-order valence-electron chi connectivity index (χ0n) is 11.6. The molecule has 6 nitrogen and oxygen atoms in total. The molecule has 6 heteroatoms. The Hall–Kier alpha value is -1.14. The van der Waals surface area contributed by atoms with Crippen molar-refractivity contribution < 1.29 is 24.5 Å². The van der Waals surface area contributed by atoms with Crippen LogP contribution in [0.15, 0.2) is 0 Å². The number of carboxylic acid groups (broad SMARTS) is 1. The molecular weight excluding hydrogens is 250 g/mol. The summed E-state index contributed by atoms with van der Waals surface area (Å²) in [5, 5.41) is 17.7. The molecule has 110 valence electrons. The fraction of sp³-hybridized carbons (Fsp3) is 0.846. The van der Waals surface area contributed by atoms with Crippen LogP contribution in [0.1, 0.15) is 39.5 Å². The molecular formula is C13H23NO5.